The third kappa shape index (κ3) is 3.30. The van der Waals surface area contributed by atoms with Crippen LogP contribution in [0.25, 0.3) is 5.65 Å². The zero-order valence-electron chi connectivity index (χ0n) is 13.9. The molecule has 1 aliphatic rings. The molecule has 1 saturated heterocycles. The van der Waals surface area contributed by atoms with Crippen LogP contribution in [0.2, 0.25) is 0 Å². The van der Waals surface area contributed by atoms with Crippen molar-refractivity contribution >= 4 is 24.0 Å². The number of carbonyl (C=O) groups is 1. The molecule has 130 valence electrons. The Morgan fingerprint density at radius 1 is 1.38 bits per heavy atom. The van der Waals surface area contributed by atoms with Crippen LogP contribution in [-0.4, -0.2) is 38.8 Å². The van der Waals surface area contributed by atoms with Crippen molar-refractivity contribution in [2.75, 3.05) is 6.54 Å². The molecule has 2 aromatic rings. The standard InChI is InChI=1S/C17H22N4O2.ClH/c1-11-6-7-15-19-9-13(17(23)21(15)10-11)16(22)20-8-4-3-5-14(20)12(2)18;/h6-7,9-10,12,14H,3-5,8,18H2,1-2H3;1H. The molecule has 2 N–H and O–H groups in total. The fourth-order valence-corrected chi connectivity index (χ4v) is 3.24. The second-order valence-corrected chi connectivity index (χ2v) is 6.33. The summed E-state index contributed by atoms with van der Waals surface area (Å²) in [5.74, 6) is -0.264. The summed E-state index contributed by atoms with van der Waals surface area (Å²) in [7, 11) is 0. The molecular weight excluding hydrogens is 328 g/mol. The average Bonchev–Trinajstić information content (AvgIpc) is 2.55. The van der Waals surface area contributed by atoms with E-state index in [0.717, 1.165) is 24.8 Å². The molecule has 1 amide bonds. The number of nitrogens with two attached hydrogens (primary N) is 1. The van der Waals surface area contributed by atoms with Crippen molar-refractivity contribution in [2.24, 2.45) is 5.73 Å². The number of pyridine rings is 1. The number of aryl methyl sites for hydroxylation is 1. The van der Waals surface area contributed by atoms with Crippen LogP contribution >= 0.6 is 12.4 Å². The van der Waals surface area contributed by atoms with E-state index in [9.17, 15) is 9.59 Å². The summed E-state index contributed by atoms with van der Waals surface area (Å²) >= 11 is 0. The summed E-state index contributed by atoms with van der Waals surface area (Å²) < 4.78 is 1.44. The monoisotopic (exact) mass is 350 g/mol. The molecule has 3 rings (SSSR count). The molecule has 2 atom stereocenters. The number of fused-ring (bicyclic) bond motifs is 1. The molecule has 0 aromatic carbocycles. The minimum atomic E-state index is -0.322. The number of hydrogen-bond donors (Lipinski definition) is 1. The number of hydrogen-bond acceptors (Lipinski definition) is 4. The highest BCUT2D eigenvalue weighted by atomic mass is 35.5. The van der Waals surface area contributed by atoms with Crippen LogP contribution in [0.5, 0.6) is 0 Å². The van der Waals surface area contributed by atoms with Crippen LogP contribution in [0.3, 0.4) is 0 Å². The predicted octanol–water partition coefficient (Wildman–Crippen LogP) is 1.77. The summed E-state index contributed by atoms with van der Waals surface area (Å²) in [5, 5.41) is 0. The second-order valence-electron chi connectivity index (χ2n) is 6.33. The molecule has 6 nitrogen and oxygen atoms in total. The topological polar surface area (TPSA) is 80.7 Å². The highest BCUT2D eigenvalue weighted by Crippen LogP contribution is 2.20. The highest BCUT2D eigenvalue weighted by molar-refractivity contribution is 5.94. The van der Waals surface area contributed by atoms with Gasteiger partial charge in [0.2, 0.25) is 0 Å². The van der Waals surface area contributed by atoms with Gasteiger partial charge >= 0.3 is 0 Å². The first-order valence-electron chi connectivity index (χ1n) is 8.03. The number of piperidine rings is 1. The van der Waals surface area contributed by atoms with Gasteiger partial charge in [0, 0.05) is 31.0 Å². The van der Waals surface area contributed by atoms with Gasteiger partial charge < -0.3 is 10.6 Å². The predicted molar refractivity (Wildman–Crippen MR) is 95.8 cm³/mol. The Bertz CT molecular complexity index is 803. The van der Waals surface area contributed by atoms with E-state index in [2.05, 4.69) is 4.98 Å². The molecule has 0 aliphatic carbocycles. The van der Waals surface area contributed by atoms with E-state index in [-0.39, 0.29) is 41.5 Å². The van der Waals surface area contributed by atoms with Crippen LogP contribution in [0.15, 0.2) is 29.3 Å². The van der Waals surface area contributed by atoms with Gasteiger partial charge in [-0.15, -0.1) is 12.4 Å². The maximum atomic E-state index is 12.9. The summed E-state index contributed by atoms with van der Waals surface area (Å²) in [5.41, 5.74) is 7.30. The summed E-state index contributed by atoms with van der Waals surface area (Å²) in [6.07, 6.45) is 5.98. The Labute approximate surface area is 147 Å². The molecular formula is C17H23ClN4O2. The van der Waals surface area contributed by atoms with Crippen LogP contribution < -0.4 is 11.3 Å². The summed E-state index contributed by atoms with van der Waals surface area (Å²) in [4.78, 5) is 31.6. The number of rotatable bonds is 2. The van der Waals surface area contributed by atoms with Gasteiger partial charge in [0.1, 0.15) is 11.2 Å². The molecule has 0 spiro atoms. The molecule has 1 fully saturated rings. The molecule has 0 radical (unpaired) electrons. The fourth-order valence-electron chi connectivity index (χ4n) is 3.24. The first kappa shape index (κ1) is 18.4. The van der Waals surface area contributed by atoms with Crippen molar-refractivity contribution < 1.29 is 4.79 Å². The number of amides is 1. The van der Waals surface area contributed by atoms with Crippen molar-refractivity contribution in [3.8, 4) is 0 Å². The summed E-state index contributed by atoms with van der Waals surface area (Å²) in [6.45, 7) is 4.45. The Kier molecular flexibility index (Phi) is 5.62. The van der Waals surface area contributed by atoms with Crippen LogP contribution in [0.4, 0.5) is 0 Å². The van der Waals surface area contributed by atoms with E-state index in [1.807, 2.05) is 19.9 Å². The van der Waals surface area contributed by atoms with Gasteiger partial charge in [-0.3, -0.25) is 14.0 Å². The number of aromatic nitrogens is 2. The number of halogens is 1. The Morgan fingerprint density at radius 3 is 2.83 bits per heavy atom. The Balaban J connectivity index is 0.00000208. The van der Waals surface area contributed by atoms with E-state index in [4.69, 9.17) is 5.73 Å². The highest BCUT2D eigenvalue weighted by Gasteiger charge is 2.31. The third-order valence-electron chi connectivity index (χ3n) is 4.50. The molecule has 7 heteroatoms. The summed E-state index contributed by atoms with van der Waals surface area (Å²) in [6, 6.07) is 3.53. The lowest BCUT2D eigenvalue weighted by Gasteiger charge is -2.37. The normalized spacial score (nSPS) is 19.0. The van der Waals surface area contributed by atoms with Crippen LogP contribution in [0, 0.1) is 6.92 Å². The number of likely N-dealkylation sites (tertiary alicyclic amines) is 1. The molecule has 0 saturated carbocycles. The minimum Gasteiger partial charge on any atom is -0.334 e. The van der Waals surface area contributed by atoms with Crippen LogP contribution in [-0.2, 0) is 0 Å². The van der Waals surface area contributed by atoms with Gasteiger partial charge in [-0.2, -0.15) is 0 Å². The molecule has 1 aliphatic heterocycles. The molecule has 2 aromatic heterocycles. The first-order valence-corrected chi connectivity index (χ1v) is 8.03. The van der Waals surface area contributed by atoms with E-state index >= 15 is 0 Å². The molecule has 3 heterocycles. The van der Waals surface area contributed by atoms with Crippen molar-refractivity contribution in [2.45, 2.75) is 45.2 Å². The van der Waals surface area contributed by atoms with E-state index in [0.29, 0.717) is 12.2 Å². The zero-order valence-corrected chi connectivity index (χ0v) is 14.8. The maximum Gasteiger partial charge on any atom is 0.270 e. The van der Waals surface area contributed by atoms with Gasteiger partial charge in [0.25, 0.3) is 11.5 Å². The smallest absolute Gasteiger partial charge is 0.270 e. The first-order chi connectivity index (χ1) is 11.0. The van der Waals surface area contributed by atoms with Crippen molar-refractivity contribution in [3.05, 3.63) is 46.0 Å². The zero-order chi connectivity index (χ0) is 16.6. The van der Waals surface area contributed by atoms with Gasteiger partial charge in [-0.25, -0.2) is 4.98 Å². The van der Waals surface area contributed by atoms with Crippen molar-refractivity contribution in [1.29, 1.82) is 0 Å². The quantitative estimate of drug-likeness (QED) is 0.895. The minimum absolute atomic E-state index is 0. The molecule has 24 heavy (non-hydrogen) atoms. The van der Waals surface area contributed by atoms with Gasteiger partial charge in [-0.1, -0.05) is 6.07 Å². The second kappa shape index (κ2) is 7.32. The maximum absolute atomic E-state index is 12.9. The van der Waals surface area contributed by atoms with Gasteiger partial charge in [0.15, 0.2) is 0 Å². The Hall–Kier alpha value is -1.92. The lowest BCUT2D eigenvalue weighted by Crippen LogP contribution is -2.52. The molecule has 2 unspecified atom stereocenters. The SMILES string of the molecule is Cc1ccc2ncc(C(=O)N3CCCCC3C(C)N)c(=O)n2c1.Cl. The fraction of sp³-hybridized carbons (Fsp3) is 0.471. The lowest BCUT2D eigenvalue weighted by atomic mass is 9.96. The largest absolute Gasteiger partial charge is 0.334 e. The lowest BCUT2D eigenvalue weighted by molar-refractivity contribution is 0.0581. The van der Waals surface area contributed by atoms with Crippen molar-refractivity contribution in [1.82, 2.24) is 14.3 Å². The van der Waals surface area contributed by atoms with Crippen molar-refractivity contribution in [3.63, 3.8) is 0 Å². The molecule has 0 bridgehead atoms. The van der Waals surface area contributed by atoms with Gasteiger partial charge in [0.05, 0.1) is 0 Å². The van der Waals surface area contributed by atoms with E-state index < -0.39 is 0 Å². The van der Waals surface area contributed by atoms with Crippen LogP contribution in [0.1, 0.15) is 42.1 Å². The van der Waals surface area contributed by atoms with E-state index in [1.54, 1.807) is 17.2 Å². The number of nitrogens with zero attached hydrogens (tertiary/aromatic N) is 3. The van der Waals surface area contributed by atoms with E-state index in [1.165, 1.54) is 10.6 Å². The number of carbonyl (C=O) groups excluding carboxylic acids is 1. The third-order valence-corrected chi connectivity index (χ3v) is 4.50. The average molecular weight is 351 g/mol. The van der Waals surface area contributed by atoms with Gasteiger partial charge in [-0.05, 0) is 44.7 Å². The Morgan fingerprint density at radius 2 is 2.12 bits per heavy atom.